The van der Waals surface area contributed by atoms with Gasteiger partial charge in [-0.05, 0) is 12.1 Å². The highest BCUT2D eigenvalue weighted by Gasteiger charge is 2.09. The highest BCUT2D eigenvalue weighted by molar-refractivity contribution is 5.83. The average Bonchev–Trinajstić information content (AvgIpc) is 2.30. The van der Waals surface area contributed by atoms with Gasteiger partial charge in [0.15, 0.2) is 0 Å². The van der Waals surface area contributed by atoms with Gasteiger partial charge in [-0.2, -0.15) is 0 Å². The van der Waals surface area contributed by atoms with Crippen LogP contribution in [0.15, 0.2) is 35.4 Å². The lowest BCUT2D eigenvalue weighted by atomic mass is 10.2. The molecule has 0 fully saturated rings. The lowest BCUT2D eigenvalue weighted by molar-refractivity contribution is 0.0683. The molecule has 0 amide bonds. The quantitative estimate of drug-likeness (QED) is 0.764. The Labute approximate surface area is 89.6 Å². The van der Waals surface area contributed by atoms with Crippen molar-refractivity contribution >= 4 is 5.97 Å². The van der Waals surface area contributed by atoms with Crippen LogP contribution in [-0.2, 0) is 0 Å². The molecule has 0 spiro atoms. The predicted octanol–water partition coefficient (Wildman–Crippen LogP) is 0.530. The number of pyridine rings is 1. The molecule has 6 heteroatoms. The summed E-state index contributed by atoms with van der Waals surface area (Å²) >= 11 is 0. The van der Waals surface area contributed by atoms with Crippen LogP contribution in [0.3, 0.4) is 0 Å². The topological polar surface area (TPSA) is 95.9 Å². The van der Waals surface area contributed by atoms with Crippen LogP contribution < -0.4 is 5.56 Å². The summed E-state index contributed by atoms with van der Waals surface area (Å²) in [5.41, 5.74) is 0.171. The van der Waals surface area contributed by atoms with E-state index in [4.69, 9.17) is 5.11 Å². The average molecular weight is 217 g/mol. The Morgan fingerprint density at radius 3 is 2.69 bits per heavy atom. The Hall–Kier alpha value is -2.50. The van der Waals surface area contributed by atoms with Crippen molar-refractivity contribution in [3.8, 4) is 11.3 Å². The monoisotopic (exact) mass is 217 g/mol. The molecule has 2 heterocycles. The highest BCUT2D eigenvalue weighted by Crippen LogP contribution is 2.08. The minimum absolute atomic E-state index is 0.241. The first kappa shape index (κ1) is 10.0. The first-order chi connectivity index (χ1) is 7.68. The van der Waals surface area contributed by atoms with Crippen molar-refractivity contribution in [1.82, 2.24) is 15.0 Å². The maximum atomic E-state index is 11.5. The summed E-state index contributed by atoms with van der Waals surface area (Å²) in [6.07, 6.45) is 2.74. The number of hydrogen-bond acceptors (Lipinski definition) is 4. The van der Waals surface area contributed by atoms with Crippen molar-refractivity contribution in [3.05, 3.63) is 46.8 Å². The Bertz CT molecular complexity index is 577. The number of rotatable bonds is 2. The van der Waals surface area contributed by atoms with E-state index < -0.39 is 11.5 Å². The summed E-state index contributed by atoms with van der Waals surface area (Å²) in [6.45, 7) is 0. The van der Waals surface area contributed by atoms with Gasteiger partial charge in [0, 0.05) is 12.4 Å². The standard InChI is InChI=1S/C10H7N3O3/c14-9-6(7-3-1-2-4-11-7)5-12-8(13-9)10(15)16/h1-5H,(H,15,16)(H,12,13,14). The van der Waals surface area contributed by atoms with Gasteiger partial charge in [-0.15, -0.1) is 0 Å². The number of nitrogens with zero attached hydrogens (tertiary/aromatic N) is 2. The van der Waals surface area contributed by atoms with Crippen molar-refractivity contribution in [2.75, 3.05) is 0 Å². The van der Waals surface area contributed by atoms with E-state index in [-0.39, 0.29) is 11.4 Å². The van der Waals surface area contributed by atoms with Gasteiger partial charge in [0.2, 0.25) is 5.82 Å². The molecule has 0 atom stereocenters. The smallest absolute Gasteiger partial charge is 0.372 e. The van der Waals surface area contributed by atoms with E-state index in [1.807, 2.05) is 0 Å². The van der Waals surface area contributed by atoms with Gasteiger partial charge in [-0.1, -0.05) is 6.07 Å². The minimum Gasteiger partial charge on any atom is -0.475 e. The van der Waals surface area contributed by atoms with Crippen molar-refractivity contribution < 1.29 is 9.90 Å². The lowest BCUT2D eigenvalue weighted by Gasteiger charge is -1.99. The number of nitrogens with one attached hydrogen (secondary N) is 1. The fourth-order valence-corrected chi connectivity index (χ4v) is 1.21. The molecule has 0 saturated carbocycles. The van der Waals surface area contributed by atoms with E-state index in [1.165, 1.54) is 6.20 Å². The molecule has 2 aromatic rings. The molecule has 80 valence electrons. The third kappa shape index (κ3) is 1.81. The Morgan fingerprint density at radius 1 is 1.31 bits per heavy atom. The summed E-state index contributed by atoms with van der Waals surface area (Å²) < 4.78 is 0. The van der Waals surface area contributed by atoms with Crippen LogP contribution in [0.5, 0.6) is 0 Å². The molecule has 0 unspecified atom stereocenters. The number of aromatic carboxylic acids is 1. The van der Waals surface area contributed by atoms with Crippen LogP contribution in [0.1, 0.15) is 10.6 Å². The molecule has 0 aliphatic heterocycles. The second-order valence-corrected chi connectivity index (χ2v) is 2.99. The van der Waals surface area contributed by atoms with Gasteiger partial charge >= 0.3 is 5.97 Å². The van der Waals surface area contributed by atoms with E-state index in [0.717, 1.165) is 0 Å². The van der Waals surface area contributed by atoms with Gasteiger partial charge in [0.1, 0.15) is 0 Å². The normalized spacial score (nSPS) is 10.0. The van der Waals surface area contributed by atoms with Crippen molar-refractivity contribution in [1.29, 1.82) is 0 Å². The Kier molecular flexibility index (Phi) is 2.47. The summed E-state index contributed by atoms with van der Waals surface area (Å²) in [6, 6.07) is 5.09. The molecule has 0 saturated heterocycles. The van der Waals surface area contributed by atoms with Gasteiger partial charge in [-0.3, -0.25) is 9.78 Å². The van der Waals surface area contributed by atoms with E-state index in [0.29, 0.717) is 5.69 Å². The molecule has 0 aliphatic carbocycles. The van der Waals surface area contributed by atoms with Crippen LogP contribution >= 0.6 is 0 Å². The zero-order valence-corrected chi connectivity index (χ0v) is 8.04. The van der Waals surface area contributed by atoms with Gasteiger partial charge in [-0.25, -0.2) is 9.78 Å². The minimum atomic E-state index is -1.27. The molecule has 16 heavy (non-hydrogen) atoms. The first-order valence-corrected chi connectivity index (χ1v) is 4.42. The molecule has 2 aromatic heterocycles. The number of H-pyrrole nitrogens is 1. The summed E-state index contributed by atoms with van der Waals surface area (Å²) in [5.74, 6) is -1.66. The maximum Gasteiger partial charge on any atom is 0.372 e. The molecular formula is C10H7N3O3. The number of aromatic amines is 1. The zero-order chi connectivity index (χ0) is 11.5. The SMILES string of the molecule is O=C(O)c1ncc(-c2ccccn2)c(=O)[nH]1. The van der Waals surface area contributed by atoms with Crippen molar-refractivity contribution in [2.45, 2.75) is 0 Å². The summed E-state index contributed by atoms with van der Waals surface area (Å²) in [4.78, 5) is 31.9. The van der Waals surface area contributed by atoms with Crippen LogP contribution in [-0.4, -0.2) is 26.0 Å². The van der Waals surface area contributed by atoms with Gasteiger partial charge < -0.3 is 10.1 Å². The summed E-state index contributed by atoms with van der Waals surface area (Å²) in [7, 11) is 0. The Balaban J connectivity index is 2.53. The number of carboxylic acid groups (broad SMARTS) is 1. The third-order valence-corrected chi connectivity index (χ3v) is 1.94. The molecule has 6 nitrogen and oxygen atoms in total. The first-order valence-electron chi connectivity index (χ1n) is 4.42. The third-order valence-electron chi connectivity index (χ3n) is 1.94. The van der Waals surface area contributed by atoms with Crippen LogP contribution in [0, 0.1) is 0 Å². The van der Waals surface area contributed by atoms with Gasteiger partial charge in [0.25, 0.3) is 5.56 Å². The number of aromatic nitrogens is 3. The van der Waals surface area contributed by atoms with E-state index in [2.05, 4.69) is 15.0 Å². The molecule has 0 aliphatic rings. The van der Waals surface area contributed by atoms with E-state index >= 15 is 0 Å². The predicted molar refractivity (Wildman–Crippen MR) is 55.0 cm³/mol. The van der Waals surface area contributed by atoms with E-state index in [1.54, 1.807) is 24.4 Å². The molecule has 2 rings (SSSR count). The zero-order valence-electron chi connectivity index (χ0n) is 8.04. The Morgan fingerprint density at radius 2 is 2.12 bits per heavy atom. The van der Waals surface area contributed by atoms with E-state index in [9.17, 15) is 9.59 Å². The summed E-state index contributed by atoms with van der Waals surface area (Å²) in [5, 5.41) is 8.62. The fraction of sp³-hybridized carbons (Fsp3) is 0. The van der Waals surface area contributed by atoms with Crippen LogP contribution in [0.4, 0.5) is 0 Å². The van der Waals surface area contributed by atoms with Crippen molar-refractivity contribution in [2.24, 2.45) is 0 Å². The lowest BCUT2D eigenvalue weighted by Crippen LogP contribution is -2.16. The molecule has 0 bridgehead atoms. The largest absolute Gasteiger partial charge is 0.475 e. The highest BCUT2D eigenvalue weighted by atomic mass is 16.4. The van der Waals surface area contributed by atoms with Gasteiger partial charge in [0.05, 0.1) is 11.3 Å². The number of carbonyl (C=O) groups is 1. The maximum absolute atomic E-state index is 11.5. The molecule has 0 radical (unpaired) electrons. The second-order valence-electron chi connectivity index (χ2n) is 2.99. The molecule has 0 aromatic carbocycles. The van der Waals surface area contributed by atoms with Crippen LogP contribution in [0.2, 0.25) is 0 Å². The van der Waals surface area contributed by atoms with Crippen molar-refractivity contribution in [3.63, 3.8) is 0 Å². The number of hydrogen-bond donors (Lipinski definition) is 2. The second kappa shape index (κ2) is 3.93. The number of carboxylic acids is 1. The molecular weight excluding hydrogens is 210 g/mol. The fourth-order valence-electron chi connectivity index (χ4n) is 1.21. The van der Waals surface area contributed by atoms with Crippen LogP contribution in [0.25, 0.3) is 11.3 Å². The molecule has 2 N–H and O–H groups in total.